The fourth-order valence-electron chi connectivity index (χ4n) is 2.75. The van der Waals surface area contributed by atoms with Crippen molar-refractivity contribution in [3.63, 3.8) is 0 Å². The Morgan fingerprint density at radius 3 is 2.89 bits per heavy atom. The van der Waals surface area contributed by atoms with Crippen LogP contribution in [0.1, 0.15) is 17.7 Å². The topological polar surface area (TPSA) is 79.9 Å². The molecule has 0 saturated carbocycles. The fraction of sp³-hybridized carbons (Fsp3) is 0.150. The third-order valence-electron chi connectivity index (χ3n) is 3.98. The first kappa shape index (κ1) is 18.5. The molecule has 6 nitrogen and oxygen atoms in total. The van der Waals surface area contributed by atoms with Gasteiger partial charge in [0.25, 0.3) is 0 Å². The maximum atomic E-state index is 12.9. The van der Waals surface area contributed by atoms with E-state index >= 15 is 0 Å². The van der Waals surface area contributed by atoms with Crippen LogP contribution < -0.4 is 10.1 Å². The maximum Gasteiger partial charge on any atom is 0.244 e. The number of thioether (sulfide) groups is 1. The number of H-pyrrole nitrogens is 1. The van der Waals surface area contributed by atoms with Gasteiger partial charge < -0.3 is 15.0 Å². The number of imidazole rings is 1. The fourth-order valence-corrected chi connectivity index (χ4v) is 4.28. The molecule has 142 valence electrons. The summed E-state index contributed by atoms with van der Waals surface area (Å²) in [5.41, 5.74) is 2.61. The van der Waals surface area contributed by atoms with E-state index in [1.54, 1.807) is 6.20 Å². The van der Waals surface area contributed by atoms with Crippen molar-refractivity contribution in [1.82, 2.24) is 15.0 Å². The van der Waals surface area contributed by atoms with Gasteiger partial charge in [0.05, 0.1) is 17.6 Å². The summed E-state index contributed by atoms with van der Waals surface area (Å²) in [6, 6.07) is 15.4. The van der Waals surface area contributed by atoms with E-state index in [2.05, 4.69) is 20.3 Å². The number of carbonyl (C=O) groups excluding carboxylic acids is 1. The van der Waals surface area contributed by atoms with Crippen LogP contribution in [0.25, 0.3) is 11.0 Å². The number of hydrogen-bond acceptors (Lipinski definition) is 6. The van der Waals surface area contributed by atoms with Gasteiger partial charge in [-0.1, -0.05) is 42.1 Å². The second-order valence-corrected chi connectivity index (χ2v) is 7.88. The Balaban J connectivity index is 1.61. The third kappa shape index (κ3) is 4.18. The Morgan fingerprint density at radius 1 is 1.29 bits per heavy atom. The van der Waals surface area contributed by atoms with E-state index in [1.165, 1.54) is 23.1 Å². The van der Waals surface area contributed by atoms with Crippen molar-refractivity contribution in [3.8, 4) is 5.75 Å². The minimum atomic E-state index is -0.461. The Kier molecular flexibility index (Phi) is 5.59. The van der Waals surface area contributed by atoms with Crippen molar-refractivity contribution in [2.45, 2.75) is 17.3 Å². The number of ether oxygens (including phenoxy) is 1. The van der Waals surface area contributed by atoms with Crippen LogP contribution in [-0.4, -0.2) is 27.5 Å². The molecule has 0 aliphatic heterocycles. The number of nitrogens with zero attached hydrogens (tertiary/aromatic N) is 2. The molecule has 2 N–H and O–H groups in total. The highest BCUT2D eigenvalue weighted by atomic mass is 32.2. The average Bonchev–Trinajstić information content (AvgIpc) is 3.36. The largest absolute Gasteiger partial charge is 0.494 e. The van der Waals surface area contributed by atoms with E-state index in [0.29, 0.717) is 16.9 Å². The summed E-state index contributed by atoms with van der Waals surface area (Å²) in [6.45, 7) is 2.55. The minimum Gasteiger partial charge on any atom is -0.494 e. The van der Waals surface area contributed by atoms with Crippen LogP contribution in [0.3, 0.4) is 0 Å². The predicted octanol–water partition coefficient (Wildman–Crippen LogP) is 4.89. The van der Waals surface area contributed by atoms with E-state index in [-0.39, 0.29) is 5.91 Å². The SMILES string of the molecule is CCOc1ccc2nc(SC(C(=O)Nc3nccs3)c3ccccc3)[nH]c2c1. The molecule has 1 atom stereocenters. The van der Waals surface area contributed by atoms with Crippen molar-refractivity contribution < 1.29 is 9.53 Å². The standard InChI is InChI=1S/C20H18N4O2S2/c1-2-26-14-8-9-15-16(12-14)23-20(22-15)28-17(13-6-4-3-5-7-13)18(25)24-19-21-10-11-27-19/h3-12,17H,2H2,1H3,(H,22,23)(H,21,24,25). The average molecular weight is 411 g/mol. The van der Waals surface area contributed by atoms with Gasteiger partial charge in [-0.05, 0) is 24.6 Å². The van der Waals surface area contributed by atoms with Crippen LogP contribution in [0.2, 0.25) is 0 Å². The van der Waals surface area contributed by atoms with E-state index in [4.69, 9.17) is 4.74 Å². The maximum absolute atomic E-state index is 12.9. The van der Waals surface area contributed by atoms with Crippen molar-refractivity contribution in [1.29, 1.82) is 0 Å². The summed E-state index contributed by atoms with van der Waals surface area (Å²) in [4.78, 5) is 25.0. The van der Waals surface area contributed by atoms with E-state index in [0.717, 1.165) is 22.3 Å². The van der Waals surface area contributed by atoms with E-state index in [1.807, 2.05) is 60.8 Å². The number of fused-ring (bicyclic) bond motifs is 1. The molecule has 0 fully saturated rings. The molecule has 0 aliphatic rings. The summed E-state index contributed by atoms with van der Waals surface area (Å²) in [7, 11) is 0. The molecule has 4 aromatic rings. The zero-order chi connectivity index (χ0) is 19.3. The van der Waals surface area contributed by atoms with Crippen LogP contribution in [-0.2, 0) is 4.79 Å². The molecule has 28 heavy (non-hydrogen) atoms. The molecule has 8 heteroatoms. The summed E-state index contributed by atoms with van der Waals surface area (Å²) in [6.07, 6.45) is 1.67. The lowest BCUT2D eigenvalue weighted by molar-refractivity contribution is -0.115. The number of aromatic amines is 1. The minimum absolute atomic E-state index is 0.137. The zero-order valence-electron chi connectivity index (χ0n) is 15.1. The van der Waals surface area contributed by atoms with Crippen LogP contribution in [0.15, 0.2) is 65.3 Å². The van der Waals surface area contributed by atoms with Gasteiger partial charge >= 0.3 is 0 Å². The normalized spacial score (nSPS) is 12.0. The van der Waals surface area contributed by atoms with Gasteiger partial charge in [-0.3, -0.25) is 4.79 Å². The molecule has 0 bridgehead atoms. The third-order valence-corrected chi connectivity index (χ3v) is 5.80. The van der Waals surface area contributed by atoms with Crippen molar-refractivity contribution in [2.24, 2.45) is 0 Å². The summed E-state index contributed by atoms with van der Waals surface area (Å²) in [5.74, 6) is 0.651. The van der Waals surface area contributed by atoms with Crippen LogP contribution in [0.4, 0.5) is 5.13 Å². The number of anilines is 1. The number of benzene rings is 2. The van der Waals surface area contributed by atoms with E-state index < -0.39 is 5.25 Å². The summed E-state index contributed by atoms with van der Waals surface area (Å²) in [5, 5.41) is 5.51. The second-order valence-electron chi connectivity index (χ2n) is 5.89. The highest BCUT2D eigenvalue weighted by molar-refractivity contribution is 8.00. The van der Waals surface area contributed by atoms with Crippen LogP contribution >= 0.6 is 23.1 Å². The van der Waals surface area contributed by atoms with Gasteiger partial charge in [0.15, 0.2) is 10.3 Å². The number of nitrogens with one attached hydrogen (secondary N) is 2. The second kappa shape index (κ2) is 8.45. The van der Waals surface area contributed by atoms with Crippen LogP contribution in [0, 0.1) is 0 Å². The van der Waals surface area contributed by atoms with E-state index in [9.17, 15) is 4.79 Å². The number of carbonyl (C=O) groups is 1. The quantitative estimate of drug-likeness (QED) is 0.424. The molecule has 0 aliphatic carbocycles. The Labute approximate surface area is 170 Å². The highest BCUT2D eigenvalue weighted by Gasteiger charge is 2.24. The monoisotopic (exact) mass is 410 g/mol. The summed E-state index contributed by atoms with van der Waals surface area (Å²) >= 11 is 2.76. The number of amides is 1. The lowest BCUT2D eigenvalue weighted by Crippen LogP contribution is -2.19. The Hall–Kier alpha value is -2.84. The number of hydrogen-bond donors (Lipinski definition) is 2. The number of rotatable bonds is 7. The molecular formula is C20H18N4O2S2. The Morgan fingerprint density at radius 2 is 2.14 bits per heavy atom. The lowest BCUT2D eigenvalue weighted by Gasteiger charge is -2.14. The van der Waals surface area contributed by atoms with Gasteiger partial charge in [0, 0.05) is 17.6 Å². The molecular weight excluding hydrogens is 392 g/mol. The van der Waals surface area contributed by atoms with Crippen molar-refractivity contribution >= 4 is 45.2 Å². The van der Waals surface area contributed by atoms with Crippen molar-refractivity contribution in [3.05, 3.63) is 65.7 Å². The van der Waals surface area contributed by atoms with Gasteiger partial charge in [0.1, 0.15) is 11.0 Å². The number of thiazole rings is 1. The Bertz CT molecular complexity index is 1060. The first-order valence-corrected chi connectivity index (χ1v) is 10.5. The molecule has 0 radical (unpaired) electrons. The lowest BCUT2D eigenvalue weighted by atomic mass is 10.1. The molecule has 2 heterocycles. The molecule has 0 spiro atoms. The smallest absolute Gasteiger partial charge is 0.244 e. The molecule has 2 aromatic carbocycles. The van der Waals surface area contributed by atoms with Crippen LogP contribution in [0.5, 0.6) is 5.75 Å². The molecule has 4 rings (SSSR count). The first-order chi connectivity index (χ1) is 13.7. The van der Waals surface area contributed by atoms with Gasteiger partial charge in [-0.15, -0.1) is 11.3 Å². The predicted molar refractivity (Wildman–Crippen MR) is 113 cm³/mol. The first-order valence-electron chi connectivity index (χ1n) is 8.77. The molecule has 2 aromatic heterocycles. The highest BCUT2D eigenvalue weighted by Crippen LogP contribution is 2.36. The zero-order valence-corrected chi connectivity index (χ0v) is 16.7. The van der Waals surface area contributed by atoms with Crippen molar-refractivity contribution in [2.75, 3.05) is 11.9 Å². The summed E-state index contributed by atoms with van der Waals surface area (Å²) < 4.78 is 5.55. The molecule has 0 saturated heterocycles. The van der Waals surface area contributed by atoms with Gasteiger partial charge in [-0.25, -0.2) is 9.97 Å². The molecule has 1 amide bonds. The van der Waals surface area contributed by atoms with Gasteiger partial charge in [0.2, 0.25) is 5.91 Å². The van der Waals surface area contributed by atoms with Gasteiger partial charge in [-0.2, -0.15) is 0 Å². The molecule has 1 unspecified atom stereocenters. The number of aromatic nitrogens is 3.